The lowest BCUT2D eigenvalue weighted by Crippen LogP contribution is -2.44. The molecule has 2 aliphatic rings. The number of carbonyl (C=O) groups excluding carboxylic acids is 1. The fourth-order valence-corrected chi connectivity index (χ4v) is 4.42. The van der Waals surface area contributed by atoms with Crippen molar-refractivity contribution in [2.45, 2.75) is 6.42 Å². The molecule has 0 unspecified atom stereocenters. The number of piperazine rings is 1. The van der Waals surface area contributed by atoms with E-state index in [1.807, 2.05) is 35.2 Å². The van der Waals surface area contributed by atoms with Crippen LogP contribution >= 0.6 is 0 Å². The molecule has 31 heavy (non-hydrogen) atoms. The van der Waals surface area contributed by atoms with E-state index in [4.69, 9.17) is 4.74 Å². The SMILES string of the molecule is COc1cc2c(cc1N1CCN(C)CC1)N(C(=O)Nc1ccc3ncccc3c1)CC2. The van der Waals surface area contributed by atoms with Gasteiger partial charge in [0.15, 0.2) is 0 Å². The van der Waals surface area contributed by atoms with Gasteiger partial charge in [0, 0.05) is 50.0 Å². The van der Waals surface area contributed by atoms with Crippen molar-refractivity contribution in [2.24, 2.45) is 0 Å². The standard InChI is InChI=1S/C24H27N5O2/c1-27-10-12-28(13-11-27)22-16-21-18(15-23(22)31-2)7-9-29(21)24(30)26-19-5-6-20-17(14-19)4-3-8-25-20/h3-6,8,14-16H,7,9-13H2,1-2H3,(H,26,30). The molecule has 3 aromatic rings. The summed E-state index contributed by atoms with van der Waals surface area (Å²) in [6.07, 6.45) is 2.59. The Morgan fingerprint density at radius 1 is 1.03 bits per heavy atom. The Morgan fingerprint density at radius 2 is 1.87 bits per heavy atom. The van der Waals surface area contributed by atoms with Crippen molar-refractivity contribution in [2.75, 3.05) is 62.0 Å². The summed E-state index contributed by atoms with van der Waals surface area (Å²) in [4.78, 5) is 24.0. The van der Waals surface area contributed by atoms with Crippen LogP contribution in [0.2, 0.25) is 0 Å². The van der Waals surface area contributed by atoms with Gasteiger partial charge in [0.05, 0.1) is 24.0 Å². The second-order valence-electron chi connectivity index (χ2n) is 8.19. The van der Waals surface area contributed by atoms with Crippen LogP contribution in [0, 0.1) is 0 Å². The van der Waals surface area contributed by atoms with E-state index >= 15 is 0 Å². The molecule has 2 aromatic carbocycles. The van der Waals surface area contributed by atoms with Crippen LogP contribution in [-0.4, -0.2) is 62.8 Å². The van der Waals surface area contributed by atoms with Gasteiger partial charge in [-0.2, -0.15) is 0 Å². The van der Waals surface area contributed by atoms with E-state index in [2.05, 4.69) is 39.3 Å². The van der Waals surface area contributed by atoms with Crippen LogP contribution in [0.25, 0.3) is 10.9 Å². The molecule has 7 nitrogen and oxygen atoms in total. The summed E-state index contributed by atoms with van der Waals surface area (Å²) in [5, 5.41) is 4.06. The lowest BCUT2D eigenvalue weighted by molar-refractivity contribution is 0.257. The molecule has 1 N–H and O–H groups in total. The van der Waals surface area contributed by atoms with Crippen LogP contribution in [0.3, 0.4) is 0 Å². The average molecular weight is 418 g/mol. The van der Waals surface area contributed by atoms with Crippen LogP contribution in [0.15, 0.2) is 48.7 Å². The van der Waals surface area contributed by atoms with Crippen LogP contribution < -0.4 is 19.9 Å². The molecular weight excluding hydrogens is 390 g/mol. The first-order valence-corrected chi connectivity index (χ1v) is 10.7. The second kappa shape index (κ2) is 8.07. The number of amides is 2. The summed E-state index contributed by atoms with van der Waals surface area (Å²) >= 11 is 0. The molecule has 5 rings (SSSR count). The number of benzene rings is 2. The fourth-order valence-electron chi connectivity index (χ4n) is 4.42. The predicted octanol–water partition coefficient (Wildman–Crippen LogP) is 3.59. The minimum Gasteiger partial charge on any atom is -0.495 e. The number of nitrogens with one attached hydrogen (secondary N) is 1. The lowest BCUT2D eigenvalue weighted by Gasteiger charge is -2.35. The Hall–Kier alpha value is -3.32. The van der Waals surface area contributed by atoms with Gasteiger partial charge in [-0.15, -0.1) is 0 Å². The maximum Gasteiger partial charge on any atom is 0.326 e. The number of pyridine rings is 1. The monoisotopic (exact) mass is 417 g/mol. The van der Waals surface area contributed by atoms with E-state index < -0.39 is 0 Å². The van der Waals surface area contributed by atoms with E-state index in [-0.39, 0.29) is 6.03 Å². The molecule has 1 saturated heterocycles. The Labute approximate surface area is 182 Å². The molecule has 0 saturated carbocycles. The summed E-state index contributed by atoms with van der Waals surface area (Å²) in [6.45, 7) is 4.58. The van der Waals surface area contributed by atoms with Gasteiger partial charge in [-0.25, -0.2) is 4.79 Å². The van der Waals surface area contributed by atoms with Crippen molar-refractivity contribution in [1.29, 1.82) is 0 Å². The van der Waals surface area contributed by atoms with Gasteiger partial charge in [-0.3, -0.25) is 9.88 Å². The topological polar surface area (TPSA) is 60.9 Å². The largest absolute Gasteiger partial charge is 0.495 e. The molecule has 7 heteroatoms. The van der Waals surface area contributed by atoms with E-state index in [1.165, 1.54) is 0 Å². The van der Waals surface area contributed by atoms with Gasteiger partial charge < -0.3 is 19.9 Å². The van der Waals surface area contributed by atoms with E-state index in [1.54, 1.807) is 13.3 Å². The number of hydrogen-bond acceptors (Lipinski definition) is 5. The predicted molar refractivity (Wildman–Crippen MR) is 125 cm³/mol. The molecule has 160 valence electrons. The Kier molecular flexibility index (Phi) is 5.11. The highest BCUT2D eigenvalue weighted by Gasteiger charge is 2.28. The number of likely N-dealkylation sites (N-methyl/N-ethyl adjacent to an activating group) is 1. The number of rotatable bonds is 3. The Morgan fingerprint density at radius 3 is 2.68 bits per heavy atom. The van der Waals surface area contributed by atoms with Crippen molar-refractivity contribution in [3.63, 3.8) is 0 Å². The third-order valence-electron chi connectivity index (χ3n) is 6.22. The summed E-state index contributed by atoms with van der Waals surface area (Å²) in [7, 11) is 3.86. The van der Waals surface area contributed by atoms with Crippen molar-refractivity contribution in [3.05, 3.63) is 54.2 Å². The van der Waals surface area contributed by atoms with Gasteiger partial charge in [-0.1, -0.05) is 6.07 Å². The summed E-state index contributed by atoms with van der Waals surface area (Å²) in [5.74, 6) is 0.882. The molecular formula is C24H27N5O2. The first-order valence-electron chi connectivity index (χ1n) is 10.7. The number of nitrogens with zero attached hydrogens (tertiary/aromatic N) is 4. The first kappa shape index (κ1) is 19.6. The lowest BCUT2D eigenvalue weighted by atomic mass is 10.1. The number of hydrogen-bond donors (Lipinski definition) is 1. The first-order chi connectivity index (χ1) is 15.1. The van der Waals surface area contributed by atoms with Crippen molar-refractivity contribution >= 4 is 34.0 Å². The van der Waals surface area contributed by atoms with Crippen molar-refractivity contribution in [1.82, 2.24) is 9.88 Å². The molecule has 1 aromatic heterocycles. The number of ether oxygens (including phenoxy) is 1. The van der Waals surface area contributed by atoms with E-state index in [9.17, 15) is 4.79 Å². The molecule has 0 spiro atoms. The van der Waals surface area contributed by atoms with Crippen LogP contribution in [0.4, 0.5) is 21.9 Å². The van der Waals surface area contributed by atoms with Crippen LogP contribution in [0.5, 0.6) is 5.75 Å². The number of aromatic nitrogens is 1. The van der Waals surface area contributed by atoms with Crippen molar-refractivity contribution < 1.29 is 9.53 Å². The highest BCUT2D eigenvalue weighted by molar-refractivity contribution is 6.04. The van der Waals surface area contributed by atoms with Gasteiger partial charge in [0.25, 0.3) is 0 Å². The number of methoxy groups -OCH3 is 1. The third-order valence-corrected chi connectivity index (χ3v) is 6.22. The van der Waals surface area contributed by atoms with Gasteiger partial charge in [-0.05, 0) is 55.4 Å². The number of urea groups is 1. The molecule has 3 heterocycles. The zero-order chi connectivity index (χ0) is 21.4. The average Bonchev–Trinajstić information content (AvgIpc) is 3.21. The quantitative estimate of drug-likeness (QED) is 0.706. The maximum absolute atomic E-state index is 13.1. The summed E-state index contributed by atoms with van der Waals surface area (Å²) in [5.41, 5.74) is 4.86. The van der Waals surface area contributed by atoms with Gasteiger partial charge >= 0.3 is 6.03 Å². The minimum absolute atomic E-state index is 0.114. The molecule has 0 radical (unpaired) electrons. The molecule has 0 bridgehead atoms. The number of carbonyl (C=O) groups is 1. The normalized spacial score (nSPS) is 16.5. The summed E-state index contributed by atoms with van der Waals surface area (Å²) in [6, 6.07) is 13.8. The number of fused-ring (bicyclic) bond motifs is 2. The Balaban J connectivity index is 1.40. The maximum atomic E-state index is 13.1. The molecule has 1 fully saturated rings. The molecule has 2 amide bonds. The summed E-state index contributed by atoms with van der Waals surface area (Å²) < 4.78 is 5.70. The highest BCUT2D eigenvalue weighted by atomic mass is 16.5. The van der Waals surface area contributed by atoms with E-state index in [0.717, 1.165) is 71.9 Å². The second-order valence-corrected chi connectivity index (χ2v) is 8.19. The minimum atomic E-state index is -0.114. The Bertz CT molecular complexity index is 1120. The van der Waals surface area contributed by atoms with Crippen LogP contribution in [-0.2, 0) is 6.42 Å². The van der Waals surface area contributed by atoms with Gasteiger partial charge in [0.1, 0.15) is 5.75 Å². The molecule has 2 aliphatic heterocycles. The van der Waals surface area contributed by atoms with Crippen molar-refractivity contribution in [3.8, 4) is 5.75 Å². The molecule has 0 atom stereocenters. The molecule has 0 aliphatic carbocycles. The highest BCUT2D eigenvalue weighted by Crippen LogP contribution is 2.39. The van der Waals surface area contributed by atoms with E-state index in [0.29, 0.717) is 6.54 Å². The van der Waals surface area contributed by atoms with Gasteiger partial charge in [0.2, 0.25) is 0 Å². The zero-order valence-electron chi connectivity index (χ0n) is 18.0. The fraction of sp³-hybridized carbons (Fsp3) is 0.333. The smallest absolute Gasteiger partial charge is 0.326 e. The third kappa shape index (κ3) is 3.77. The number of anilines is 3. The van der Waals surface area contributed by atoms with Crippen LogP contribution in [0.1, 0.15) is 5.56 Å². The zero-order valence-corrected chi connectivity index (χ0v) is 18.0.